The Morgan fingerprint density at radius 1 is 1.61 bits per heavy atom. The first-order valence-corrected chi connectivity index (χ1v) is 6.75. The fraction of sp³-hybridized carbons (Fsp3) is 0.154. The number of halogens is 1. The molecule has 0 bridgehead atoms. The molecule has 0 spiro atoms. The van der Waals surface area contributed by atoms with Crippen LogP contribution in [0, 0.1) is 10.1 Å². The lowest BCUT2D eigenvalue weighted by Gasteiger charge is -1.98. The molecule has 2 rings (SSSR count). The Labute approximate surface area is 135 Å². The molecule has 0 aliphatic carbocycles. The average Bonchev–Trinajstić information content (AvgIpc) is 2.98. The maximum atomic E-state index is 11.7. The van der Waals surface area contributed by atoms with Gasteiger partial charge in [0, 0.05) is 22.7 Å². The maximum absolute atomic E-state index is 11.7. The van der Waals surface area contributed by atoms with Crippen molar-refractivity contribution in [1.29, 1.82) is 0 Å². The van der Waals surface area contributed by atoms with E-state index >= 15 is 0 Å². The number of rotatable bonds is 6. The number of oxazole rings is 1. The molecule has 0 saturated carbocycles. The number of hydrogen-bond donors (Lipinski definition) is 1. The van der Waals surface area contributed by atoms with Gasteiger partial charge in [0.15, 0.2) is 0 Å². The largest absolute Gasteiger partial charge is 0.464 e. The van der Waals surface area contributed by atoms with Crippen LogP contribution in [0.5, 0.6) is 5.95 Å². The SMILES string of the molecule is CCOc1cnc(C(=O)N/N=C/c2cc([N+](=O)[O-])ccc2Cl)o1. The van der Waals surface area contributed by atoms with E-state index in [2.05, 4.69) is 15.5 Å². The third kappa shape index (κ3) is 4.27. The predicted molar refractivity (Wildman–Crippen MR) is 80.8 cm³/mol. The summed E-state index contributed by atoms with van der Waals surface area (Å²) in [4.78, 5) is 25.6. The highest BCUT2D eigenvalue weighted by Gasteiger charge is 2.13. The van der Waals surface area contributed by atoms with Crippen molar-refractivity contribution in [1.82, 2.24) is 10.4 Å². The molecule has 9 nitrogen and oxygen atoms in total. The average molecular weight is 339 g/mol. The fourth-order valence-corrected chi connectivity index (χ4v) is 1.69. The summed E-state index contributed by atoms with van der Waals surface area (Å²) >= 11 is 5.90. The normalized spacial score (nSPS) is 10.7. The van der Waals surface area contributed by atoms with E-state index < -0.39 is 10.8 Å². The zero-order chi connectivity index (χ0) is 16.8. The topological polar surface area (TPSA) is 120 Å². The molecule has 0 radical (unpaired) electrons. The summed E-state index contributed by atoms with van der Waals surface area (Å²) < 4.78 is 10.1. The highest BCUT2D eigenvalue weighted by atomic mass is 35.5. The lowest BCUT2D eigenvalue weighted by Crippen LogP contribution is -2.17. The fourth-order valence-electron chi connectivity index (χ4n) is 1.53. The van der Waals surface area contributed by atoms with E-state index in [0.717, 1.165) is 0 Å². The van der Waals surface area contributed by atoms with Crippen LogP contribution >= 0.6 is 11.6 Å². The van der Waals surface area contributed by atoms with Gasteiger partial charge in [0.05, 0.1) is 17.7 Å². The van der Waals surface area contributed by atoms with Crippen LogP contribution in [0.3, 0.4) is 0 Å². The van der Waals surface area contributed by atoms with Gasteiger partial charge in [-0.15, -0.1) is 0 Å². The first kappa shape index (κ1) is 16.4. The monoisotopic (exact) mass is 338 g/mol. The molecule has 0 aliphatic heterocycles. The predicted octanol–water partition coefficient (Wildman–Crippen LogP) is 2.40. The number of carbonyl (C=O) groups is 1. The van der Waals surface area contributed by atoms with Crippen LogP contribution in [0.2, 0.25) is 5.02 Å². The van der Waals surface area contributed by atoms with Crippen LogP contribution in [-0.4, -0.2) is 28.6 Å². The number of hydrogen-bond acceptors (Lipinski definition) is 7. The second-order valence-corrected chi connectivity index (χ2v) is 4.49. The minimum Gasteiger partial charge on any atom is -0.464 e. The summed E-state index contributed by atoms with van der Waals surface area (Å²) in [5.74, 6) is -0.812. The van der Waals surface area contributed by atoms with E-state index in [4.69, 9.17) is 20.8 Å². The first-order valence-electron chi connectivity index (χ1n) is 6.37. The summed E-state index contributed by atoms with van der Waals surface area (Å²) in [5.41, 5.74) is 2.31. The van der Waals surface area contributed by atoms with E-state index in [9.17, 15) is 14.9 Å². The number of hydrazone groups is 1. The molecule has 2 aromatic rings. The van der Waals surface area contributed by atoms with Crippen LogP contribution in [0.15, 0.2) is 33.9 Å². The van der Waals surface area contributed by atoms with Crippen LogP contribution in [0.1, 0.15) is 23.2 Å². The number of ether oxygens (including phenoxy) is 1. The summed E-state index contributed by atoms with van der Waals surface area (Å²) in [5, 5.41) is 14.6. The summed E-state index contributed by atoms with van der Waals surface area (Å²) in [7, 11) is 0. The molecular weight excluding hydrogens is 328 g/mol. The zero-order valence-electron chi connectivity index (χ0n) is 11.9. The van der Waals surface area contributed by atoms with Gasteiger partial charge >= 0.3 is 11.9 Å². The van der Waals surface area contributed by atoms with Crippen LogP contribution in [-0.2, 0) is 0 Å². The summed E-state index contributed by atoms with van der Waals surface area (Å²) in [6.07, 6.45) is 2.44. The molecule has 0 aliphatic rings. The number of amides is 1. The van der Waals surface area contributed by atoms with Gasteiger partial charge in [0.1, 0.15) is 6.20 Å². The minimum atomic E-state index is -0.700. The Morgan fingerprint density at radius 2 is 2.39 bits per heavy atom. The van der Waals surface area contributed by atoms with Gasteiger partial charge in [-0.2, -0.15) is 5.10 Å². The van der Waals surface area contributed by atoms with Crippen molar-refractivity contribution in [3.05, 3.63) is 51.0 Å². The number of nitrogens with zero attached hydrogens (tertiary/aromatic N) is 3. The van der Waals surface area contributed by atoms with Gasteiger partial charge in [-0.05, 0) is 13.0 Å². The Morgan fingerprint density at radius 3 is 3.09 bits per heavy atom. The lowest BCUT2D eigenvalue weighted by atomic mass is 10.2. The quantitative estimate of drug-likeness (QED) is 0.490. The smallest absolute Gasteiger partial charge is 0.327 e. The number of non-ortho nitro benzene ring substituents is 1. The number of nitrogens with one attached hydrogen (secondary N) is 1. The molecule has 120 valence electrons. The van der Waals surface area contributed by atoms with Crippen LogP contribution < -0.4 is 10.2 Å². The van der Waals surface area contributed by atoms with E-state index in [1.54, 1.807) is 6.92 Å². The molecule has 1 aromatic heterocycles. The molecule has 0 saturated heterocycles. The molecule has 23 heavy (non-hydrogen) atoms. The molecule has 1 aromatic carbocycles. The Hall–Kier alpha value is -2.94. The van der Waals surface area contributed by atoms with Gasteiger partial charge in [-0.1, -0.05) is 11.6 Å². The first-order chi connectivity index (χ1) is 11.0. The Kier molecular flexibility index (Phi) is 5.26. The van der Waals surface area contributed by atoms with E-state index in [1.165, 1.54) is 30.6 Å². The van der Waals surface area contributed by atoms with Crippen molar-refractivity contribution < 1.29 is 18.9 Å². The van der Waals surface area contributed by atoms with Crippen molar-refractivity contribution in [2.75, 3.05) is 6.61 Å². The molecule has 0 unspecified atom stereocenters. The number of benzene rings is 1. The van der Waals surface area contributed by atoms with Crippen LogP contribution in [0.25, 0.3) is 0 Å². The van der Waals surface area contributed by atoms with E-state index in [0.29, 0.717) is 6.61 Å². The molecular formula is C13H11ClN4O5. The third-order valence-electron chi connectivity index (χ3n) is 2.53. The minimum absolute atomic E-state index is 0.114. The van der Waals surface area contributed by atoms with E-state index in [-0.39, 0.29) is 28.1 Å². The standard InChI is InChI=1S/C13H11ClN4O5/c1-2-22-11-7-15-13(23-11)12(19)17-16-6-8-5-9(18(20)21)3-4-10(8)14/h3-7H,2H2,1H3,(H,17,19)/b16-6+. The van der Waals surface area contributed by atoms with Crippen molar-refractivity contribution in [3.8, 4) is 5.95 Å². The second-order valence-electron chi connectivity index (χ2n) is 4.08. The number of carbonyl (C=O) groups excluding carboxylic acids is 1. The van der Waals surface area contributed by atoms with Crippen molar-refractivity contribution >= 4 is 29.4 Å². The molecule has 1 heterocycles. The van der Waals surface area contributed by atoms with E-state index in [1.807, 2.05) is 0 Å². The summed E-state index contributed by atoms with van der Waals surface area (Å²) in [6.45, 7) is 2.13. The van der Waals surface area contributed by atoms with Crippen molar-refractivity contribution in [2.45, 2.75) is 6.92 Å². The molecule has 0 atom stereocenters. The lowest BCUT2D eigenvalue weighted by molar-refractivity contribution is -0.384. The Balaban J connectivity index is 2.04. The second kappa shape index (κ2) is 7.36. The zero-order valence-corrected chi connectivity index (χ0v) is 12.6. The summed E-state index contributed by atoms with van der Waals surface area (Å²) in [6, 6.07) is 3.86. The van der Waals surface area contributed by atoms with Crippen molar-refractivity contribution in [2.24, 2.45) is 5.10 Å². The third-order valence-corrected chi connectivity index (χ3v) is 2.87. The van der Waals surface area contributed by atoms with Crippen LogP contribution in [0.4, 0.5) is 5.69 Å². The molecule has 10 heteroatoms. The highest BCUT2D eigenvalue weighted by molar-refractivity contribution is 6.33. The van der Waals surface area contributed by atoms with Crippen molar-refractivity contribution in [3.63, 3.8) is 0 Å². The maximum Gasteiger partial charge on any atom is 0.327 e. The number of nitro benzene ring substituents is 1. The van der Waals surface area contributed by atoms with Gasteiger partial charge in [-0.25, -0.2) is 10.4 Å². The molecule has 1 amide bonds. The van der Waals surface area contributed by atoms with Gasteiger partial charge in [-0.3, -0.25) is 14.9 Å². The molecule has 1 N–H and O–H groups in total. The Bertz CT molecular complexity index is 759. The van der Waals surface area contributed by atoms with Gasteiger partial charge < -0.3 is 9.15 Å². The number of aromatic nitrogens is 1. The number of nitro groups is 1. The molecule has 0 fully saturated rings. The van der Waals surface area contributed by atoms with Gasteiger partial charge in [0.2, 0.25) is 0 Å². The highest BCUT2D eigenvalue weighted by Crippen LogP contribution is 2.20. The van der Waals surface area contributed by atoms with Gasteiger partial charge in [0.25, 0.3) is 11.6 Å².